The lowest BCUT2D eigenvalue weighted by Gasteiger charge is -2.14. The van der Waals surface area contributed by atoms with E-state index in [0.29, 0.717) is 16.9 Å². The molecule has 1 aromatic heterocycles. The maximum atomic E-state index is 9.88. The highest BCUT2D eigenvalue weighted by molar-refractivity contribution is 6.28. The Hall–Kier alpha value is -0.470. The number of furan rings is 1. The summed E-state index contributed by atoms with van der Waals surface area (Å²) in [6.45, 7) is 0. The summed E-state index contributed by atoms with van der Waals surface area (Å²) in [7, 11) is 0. The summed E-state index contributed by atoms with van der Waals surface area (Å²) in [5.74, 6) is 0.971. The predicted octanol–water partition coefficient (Wildman–Crippen LogP) is 3.16. The molecule has 2 rings (SSSR count). The van der Waals surface area contributed by atoms with Crippen molar-refractivity contribution in [2.45, 2.75) is 31.8 Å². The second kappa shape index (κ2) is 3.72. The minimum Gasteiger partial charge on any atom is -0.447 e. The van der Waals surface area contributed by atoms with Gasteiger partial charge in [0.05, 0.1) is 0 Å². The van der Waals surface area contributed by atoms with E-state index in [1.165, 1.54) is 12.8 Å². The molecule has 1 aromatic rings. The molecule has 0 amide bonds. The highest BCUT2D eigenvalue weighted by Gasteiger charge is 2.26. The van der Waals surface area contributed by atoms with Crippen LogP contribution in [-0.2, 0) is 0 Å². The van der Waals surface area contributed by atoms with Crippen LogP contribution in [0, 0.1) is 5.92 Å². The second-order valence-electron chi connectivity index (χ2n) is 3.63. The van der Waals surface area contributed by atoms with E-state index < -0.39 is 6.10 Å². The molecule has 0 aliphatic heterocycles. The van der Waals surface area contributed by atoms with Crippen molar-refractivity contribution in [3.8, 4) is 0 Å². The van der Waals surface area contributed by atoms with Gasteiger partial charge in [-0.3, -0.25) is 0 Å². The number of aliphatic hydroxyl groups is 1. The van der Waals surface area contributed by atoms with E-state index in [2.05, 4.69) is 0 Å². The maximum absolute atomic E-state index is 9.88. The standard InChI is InChI=1S/C10H13ClO2/c11-9-6-5-8(13-9)10(12)7-3-1-2-4-7/h5-7,10,12H,1-4H2. The Bertz CT molecular complexity index is 276. The molecule has 0 saturated heterocycles. The molecule has 1 aliphatic carbocycles. The van der Waals surface area contributed by atoms with Crippen LogP contribution < -0.4 is 0 Å². The zero-order chi connectivity index (χ0) is 9.26. The lowest BCUT2D eigenvalue weighted by atomic mass is 9.99. The molecule has 1 N–H and O–H groups in total. The molecule has 0 spiro atoms. The zero-order valence-electron chi connectivity index (χ0n) is 7.37. The second-order valence-corrected chi connectivity index (χ2v) is 4.00. The van der Waals surface area contributed by atoms with Gasteiger partial charge in [-0.2, -0.15) is 0 Å². The largest absolute Gasteiger partial charge is 0.447 e. The Labute approximate surface area is 82.5 Å². The minimum absolute atomic E-state index is 0.354. The fourth-order valence-corrected chi connectivity index (χ4v) is 2.14. The highest BCUT2D eigenvalue weighted by atomic mass is 35.5. The van der Waals surface area contributed by atoms with Crippen LogP contribution in [0.1, 0.15) is 37.5 Å². The van der Waals surface area contributed by atoms with Crippen molar-refractivity contribution in [3.05, 3.63) is 23.1 Å². The first-order chi connectivity index (χ1) is 6.27. The summed E-state index contributed by atoms with van der Waals surface area (Å²) in [5.41, 5.74) is 0. The molecule has 1 heterocycles. The summed E-state index contributed by atoms with van der Waals surface area (Å²) in [6.07, 6.45) is 4.17. The third-order valence-electron chi connectivity index (χ3n) is 2.73. The van der Waals surface area contributed by atoms with Gasteiger partial charge < -0.3 is 9.52 Å². The Kier molecular flexibility index (Phi) is 2.61. The summed E-state index contributed by atoms with van der Waals surface area (Å²) in [5, 5.41) is 10.2. The van der Waals surface area contributed by atoms with Crippen LogP contribution in [0.2, 0.25) is 5.22 Å². The zero-order valence-corrected chi connectivity index (χ0v) is 8.13. The molecule has 0 radical (unpaired) electrons. The summed E-state index contributed by atoms with van der Waals surface area (Å²) >= 11 is 5.63. The van der Waals surface area contributed by atoms with Crippen LogP contribution in [0.15, 0.2) is 16.5 Å². The molecule has 1 fully saturated rings. The molecule has 1 aliphatic rings. The molecule has 72 valence electrons. The normalized spacial score (nSPS) is 20.8. The number of rotatable bonds is 2. The fraction of sp³-hybridized carbons (Fsp3) is 0.600. The van der Waals surface area contributed by atoms with Gasteiger partial charge in [0, 0.05) is 0 Å². The topological polar surface area (TPSA) is 33.4 Å². The predicted molar refractivity (Wildman–Crippen MR) is 50.6 cm³/mol. The monoisotopic (exact) mass is 200 g/mol. The average Bonchev–Trinajstić information content (AvgIpc) is 2.72. The van der Waals surface area contributed by atoms with E-state index in [1.807, 2.05) is 0 Å². The van der Waals surface area contributed by atoms with Crippen LogP contribution in [0.25, 0.3) is 0 Å². The van der Waals surface area contributed by atoms with Crippen molar-refractivity contribution in [1.29, 1.82) is 0 Å². The van der Waals surface area contributed by atoms with Gasteiger partial charge in [0.25, 0.3) is 0 Å². The molecular formula is C10H13ClO2. The number of aliphatic hydroxyl groups excluding tert-OH is 1. The first-order valence-electron chi connectivity index (χ1n) is 4.70. The van der Waals surface area contributed by atoms with Gasteiger partial charge in [-0.05, 0) is 42.5 Å². The average molecular weight is 201 g/mol. The molecule has 1 saturated carbocycles. The van der Waals surface area contributed by atoms with Gasteiger partial charge in [0.2, 0.25) is 0 Å². The molecule has 3 heteroatoms. The third-order valence-corrected chi connectivity index (χ3v) is 2.93. The van der Waals surface area contributed by atoms with E-state index in [0.717, 1.165) is 12.8 Å². The first-order valence-corrected chi connectivity index (χ1v) is 5.08. The first kappa shape index (κ1) is 9.10. The van der Waals surface area contributed by atoms with Gasteiger partial charge in [0.1, 0.15) is 11.9 Å². The molecule has 1 unspecified atom stereocenters. The van der Waals surface area contributed by atoms with E-state index in [-0.39, 0.29) is 0 Å². The van der Waals surface area contributed by atoms with E-state index >= 15 is 0 Å². The van der Waals surface area contributed by atoms with Crippen molar-refractivity contribution in [1.82, 2.24) is 0 Å². The van der Waals surface area contributed by atoms with Gasteiger partial charge in [-0.25, -0.2) is 0 Å². The van der Waals surface area contributed by atoms with Gasteiger partial charge in [-0.1, -0.05) is 12.8 Å². The number of hydrogen-bond acceptors (Lipinski definition) is 2. The summed E-state index contributed by atoms with van der Waals surface area (Å²) in [4.78, 5) is 0. The minimum atomic E-state index is -0.463. The number of halogens is 1. The van der Waals surface area contributed by atoms with Crippen LogP contribution in [0.5, 0.6) is 0 Å². The van der Waals surface area contributed by atoms with Crippen molar-refractivity contribution in [2.24, 2.45) is 5.92 Å². The van der Waals surface area contributed by atoms with Gasteiger partial charge in [0.15, 0.2) is 5.22 Å². The number of hydrogen-bond donors (Lipinski definition) is 1. The van der Waals surface area contributed by atoms with E-state index in [4.69, 9.17) is 16.0 Å². The third kappa shape index (κ3) is 1.89. The highest BCUT2D eigenvalue weighted by Crippen LogP contribution is 2.36. The fourth-order valence-electron chi connectivity index (χ4n) is 1.99. The molecular weight excluding hydrogens is 188 g/mol. The quantitative estimate of drug-likeness (QED) is 0.796. The lowest BCUT2D eigenvalue weighted by Crippen LogP contribution is -2.07. The van der Waals surface area contributed by atoms with Crippen molar-refractivity contribution >= 4 is 11.6 Å². The van der Waals surface area contributed by atoms with E-state index in [1.54, 1.807) is 12.1 Å². The molecule has 0 bridgehead atoms. The van der Waals surface area contributed by atoms with Crippen molar-refractivity contribution in [2.75, 3.05) is 0 Å². The van der Waals surface area contributed by atoms with Crippen LogP contribution in [0.3, 0.4) is 0 Å². The molecule has 2 nitrogen and oxygen atoms in total. The van der Waals surface area contributed by atoms with Crippen LogP contribution in [0.4, 0.5) is 0 Å². The molecule has 1 atom stereocenters. The molecule has 0 aromatic carbocycles. The van der Waals surface area contributed by atoms with Crippen LogP contribution >= 0.6 is 11.6 Å². The van der Waals surface area contributed by atoms with Gasteiger partial charge in [-0.15, -0.1) is 0 Å². The SMILES string of the molecule is OC(c1ccc(Cl)o1)C1CCCC1. The lowest BCUT2D eigenvalue weighted by molar-refractivity contribution is 0.0889. The Morgan fingerprint density at radius 3 is 2.62 bits per heavy atom. The smallest absolute Gasteiger partial charge is 0.193 e. The van der Waals surface area contributed by atoms with E-state index in [9.17, 15) is 5.11 Å². The van der Waals surface area contributed by atoms with Gasteiger partial charge >= 0.3 is 0 Å². The molecule has 13 heavy (non-hydrogen) atoms. The van der Waals surface area contributed by atoms with Crippen molar-refractivity contribution < 1.29 is 9.52 Å². The summed E-state index contributed by atoms with van der Waals surface area (Å²) in [6, 6.07) is 3.43. The maximum Gasteiger partial charge on any atom is 0.193 e. The Balaban J connectivity index is 2.07. The van der Waals surface area contributed by atoms with Crippen LogP contribution in [-0.4, -0.2) is 5.11 Å². The Morgan fingerprint density at radius 1 is 1.38 bits per heavy atom. The van der Waals surface area contributed by atoms with Crippen molar-refractivity contribution in [3.63, 3.8) is 0 Å². The Morgan fingerprint density at radius 2 is 2.08 bits per heavy atom. The summed E-state index contributed by atoms with van der Waals surface area (Å²) < 4.78 is 5.17.